The van der Waals surface area contributed by atoms with Crippen LogP contribution in [0.5, 0.6) is 0 Å². The molecular formula is C16H23N3O. The highest BCUT2D eigenvalue weighted by atomic mass is 16.1. The van der Waals surface area contributed by atoms with Gasteiger partial charge in [-0.3, -0.25) is 9.69 Å². The van der Waals surface area contributed by atoms with Crippen LogP contribution in [-0.4, -0.2) is 43.0 Å². The number of nitrogens with zero attached hydrogens (tertiary/aromatic N) is 1. The molecule has 1 aliphatic heterocycles. The molecule has 0 saturated heterocycles. The average molecular weight is 273 g/mol. The van der Waals surface area contributed by atoms with Gasteiger partial charge in [0.25, 0.3) is 5.91 Å². The molecule has 1 aromatic rings. The first-order chi connectivity index (χ1) is 9.65. The normalized spacial score (nSPS) is 18.6. The minimum Gasteiger partial charge on any atom is -0.384 e. The zero-order chi connectivity index (χ0) is 14.1. The van der Waals surface area contributed by atoms with Gasteiger partial charge in [0.2, 0.25) is 0 Å². The number of fused-ring (bicyclic) bond motifs is 1. The number of anilines is 1. The van der Waals surface area contributed by atoms with E-state index in [0.29, 0.717) is 12.6 Å². The maximum atomic E-state index is 12.2. The Bertz CT molecular complexity index is 510. The number of rotatable bonds is 5. The molecule has 20 heavy (non-hydrogen) atoms. The molecule has 1 aliphatic carbocycles. The van der Waals surface area contributed by atoms with Crippen molar-refractivity contribution in [2.45, 2.75) is 38.3 Å². The zero-order valence-electron chi connectivity index (χ0n) is 12.3. The minimum absolute atomic E-state index is 0.0255. The van der Waals surface area contributed by atoms with Crippen molar-refractivity contribution in [2.24, 2.45) is 0 Å². The van der Waals surface area contributed by atoms with Gasteiger partial charge in [0.05, 0.1) is 0 Å². The first-order valence-electron chi connectivity index (χ1n) is 7.52. The van der Waals surface area contributed by atoms with Crippen LogP contribution in [0.2, 0.25) is 0 Å². The monoisotopic (exact) mass is 273 g/mol. The molecule has 0 radical (unpaired) electrons. The van der Waals surface area contributed by atoms with Crippen LogP contribution in [0.15, 0.2) is 18.2 Å². The van der Waals surface area contributed by atoms with E-state index in [2.05, 4.69) is 35.6 Å². The first-order valence-corrected chi connectivity index (χ1v) is 7.52. The molecule has 1 heterocycles. The smallest absolute Gasteiger partial charge is 0.251 e. The summed E-state index contributed by atoms with van der Waals surface area (Å²) in [5.41, 5.74) is 3.17. The van der Waals surface area contributed by atoms with Crippen LogP contribution >= 0.6 is 0 Å². The van der Waals surface area contributed by atoms with Crippen LogP contribution in [0, 0.1) is 0 Å². The molecule has 1 aromatic carbocycles. The maximum absolute atomic E-state index is 12.2. The molecule has 1 amide bonds. The van der Waals surface area contributed by atoms with Gasteiger partial charge in [-0.1, -0.05) is 6.07 Å². The third kappa shape index (κ3) is 2.80. The highest BCUT2D eigenvalue weighted by Crippen LogP contribution is 2.27. The van der Waals surface area contributed by atoms with Crippen molar-refractivity contribution in [3.05, 3.63) is 29.3 Å². The van der Waals surface area contributed by atoms with Crippen LogP contribution in [0.1, 0.15) is 35.7 Å². The van der Waals surface area contributed by atoms with E-state index >= 15 is 0 Å². The molecule has 1 saturated carbocycles. The summed E-state index contributed by atoms with van der Waals surface area (Å²) < 4.78 is 0. The summed E-state index contributed by atoms with van der Waals surface area (Å²) in [6.45, 7) is 3.85. The molecule has 1 fully saturated rings. The van der Waals surface area contributed by atoms with E-state index in [1.807, 2.05) is 12.1 Å². The van der Waals surface area contributed by atoms with Gasteiger partial charge in [-0.2, -0.15) is 0 Å². The molecule has 0 spiro atoms. The molecule has 2 N–H and O–H groups in total. The Balaban J connectivity index is 1.56. The number of likely N-dealkylation sites (N-methyl/N-ethyl adjacent to an activating group) is 1. The summed E-state index contributed by atoms with van der Waals surface area (Å²) in [5.74, 6) is 0.0255. The van der Waals surface area contributed by atoms with Crippen LogP contribution in [0.3, 0.4) is 0 Å². The summed E-state index contributed by atoms with van der Waals surface area (Å²) in [6.07, 6.45) is 3.65. The molecule has 3 rings (SSSR count). The van der Waals surface area contributed by atoms with E-state index in [-0.39, 0.29) is 5.91 Å². The summed E-state index contributed by atoms with van der Waals surface area (Å²) in [5, 5.41) is 6.36. The third-order valence-electron chi connectivity index (χ3n) is 4.46. The second-order valence-electron chi connectivity index (χ2n) is 6.00. The first kappa shape index (κ1) is 13.4. The van der Waals surface area contributed by atoms with E-state index < -0.39 is 0 Å². The van der Waals surface area contributed by atoms with E-state index in [1.54, 1.807) is 0 Å². The largest absolute Gasteiger partial charge is 0.384 e. The van der Waals surface area contributed by atoms with E-state index in [0.717, 1.165) is 30.3 Å². The van der Waals surface area contributed by atoms with Gasteiger partial charge in [0, 0.05) is 36.4 Å². The quantitative estimate of drug-likeness (QED) is 0.861. The second-order valence-corrected chi connectivity index (χ2v) is 6.00. The maximum Gasteiger partial charge on any atom is 0.251 e. The Labute approximate surface area is 120 Å². The number of hydrogen-bond acceptors (Lipinski definition) is 3. The Morgan fingerprint density at radius 3 is 3.05 bits per heavy atom. The molecule has 0 aromatic heterocycles. The van der Waals surface area contributed by atoms with Gasteiger partial charge >= 0.3 is 0 Å². The van der Waals surface area contributed by atoms with Crippen molar-refractivity contribution < 1.29 is 4.79 Å². The van der Waals surface area contributed by atoms with Crippen molar-refractivity contribution in [1.29, 1.82) is 0 Å². The van der Waals surface area contributed by atoms with E-state index in [9.17, 15) is 4.79 Å². The SMILES string of the molecule is CC(CNC(=O)c1ccc2c(c1)NCC2)N(C)C1CC1. The minimum atomic E-state index is 0.0255. The van der Waals surface area contributed by atoms with E-state index in [1.165, 1.54) is 18.4 Å². The Hall–Kier alpha value is -1.55. The third-order valence-corrected chi connectivity index (χ3v) is 4.46. The predicted molar refractivity (Wildman–Crippen MR) is 81.2 cm³/mol. The predicted octanol–water partition coefficient (Wildman–Crippen LogP) is 1.87. The van der Waals surface area contributed by atoms with Crippen molar-refractivity contribution >= 4 is 11.6 Å². The van der Waals surface area contributed by atoms with Gasteiger partial charge in [0.15, 0.2) is 0 Å². The molecule has 4 heteroatoms. The molecular weight excluding hydrogens is 250 g/mol. The number of nitrogens with one attached hydrogen (secondary N) is 2. The highest BCUT2D eigenvalue weighted by molar-refractivity contribution is 5.95. The number of carbonyl (C=O) groups excluding carboxylic acids is 1. The summed E-state index contributed by atoms with van der Waals surface area (Å²) in [7, 11) is 2.15. The Kier molecular flexibility index (Phi) is 3.66. The second kappa shape index (κ2) is 5.44. The van der Waals surface area contributed by atoms with Crippen molar-refractivity contribution in [1.82, 2.24) is 10.2 Å². The Morgan fingerprint density at radius 2 is 2.30 bits per heavy atom. The van der Waals surface area contributed by atoms with Crippen LogP contribution in [0.25, 0.3) is 0 Å². The highest BCUT2D eigenvalue weighted by Gasteiger charge is 2.29. The zero-order valence-corrected chi connectivity index (χ0v) is 12.3. The molecule has 108 valence electrons. The molecule has 4 nitrogen and oxygen atoms in total. The number of amides is 1. The summed E-state index contributed by atoms with van der Waals surface area (Å²) >= 11 is 0. The lowest BCUT2D eigenvalue weighted by Crippen LogP contribution is -2.41. The topological polar surface area (TPSA) is 44.4 Å². The van der Waals surface area contributed by atoms with Gasteiger partial charge in [-0.05, 0) is 50.9 Å². The fraction of sp³-hybridized carbons (Fsp3) is 0.562. The van der Waals surface area contributed by atoms with Crippen molar-refractivity contribution in [3.63, 3.8) is 0 Å². The Morgan fingerprint density at radius 1 is 1.50 bits per heavy atom. The van der Waals surface area contributed by atoms with Crippen LogP contribution < -0.4 is 10.6 Å². The molecule has 0 bridgehead atoms. The van der Waals surface area contributed by atoms with Gasteiger partial charge in [-0.25, -0.2) is 0 Å². The lowest BCUT2D eigenvalue weighted by molar-refractivity contribution is 0.0939. The molecule has 2 aliphatic rings. The number of hydrogen-bond donors (Lipinski definition) is 2. The molecule has 1 unspecified atom stereocenters. The summed E-state index contributed by atoms with van der Waals surface area (Å²) in [4.78, 5) is 14.6. The van der Waals surface area contributed by atoms with Crippen LogP contribution in [0.4, 0.5) is 5.69 Å². The number of benzene rings is 1. The van der Waals surface area contributed by atoms with Crippen LogP contribution in [-0.2, 0) is 6.42 Å². The molecule has 1 atom stereocenters. The van der Waals surface area contributed by atoms with Gasteiger partial charge < -0.3 is 10.6 Å². The fourth-order valence-corrected chi connectivity index (χ4v) is 2.76. The number of carbonyl (C=O) groups is 1. The fourth-order valence-electron chi connectivity index (χ4n) is 2.76. The lowest BCUT2D eigenvalue weighted by Gasteiger charge is -2.24. The van der Waals surface area contributed by atoms with Gasteiger partial charge in [-0.15, -0.1) is 0 Å². The summed E-state index contributed by atoms with van der Waals surface area (Å²) in [6, 6.07) is 7.07. The average Bonchev–Trinajstić information content (AvgIpc) is 3.20. The lowest BCUT2D eigenvalue weighted by atomic mass is 10.1. The van der Waals surface area contributed by atoms with Crippen molar-refractivity contribution in [2.75, 3.05) is 25.5 Å². The van der Waals surface area contributed by atoms with Crippen molar-refractivity contribution in [3.8, 4) is 0 Å². The van der Waals surface area contributed by atoms with Gasteiger partial charge in [0.1, 0.15) is 0 Å². The standard InChI is InChI=1S/C16H23N3O/c1-11(19(2)14-5-6-14)10-18-16(20)13-4-3-12-7-8-17-15(12)9-13/h3-4,9,11,14,17H,5-8,10H2,1-2H3,(H,18,20). The van der Waals surface area contributed by atoms with E-state index in [4.69, 9.17) is 0 Å².